The van der Waals surface area contributed by atoms with Gasteiger partial charge in [-0.25, -0.2) is 19.9 Å². The number of nitrogens with zero attached hydrogens (tertiary/aromatic N) is 7. The van der Waals surface area contributed by atoms with Crippen LogP contribution in [0.15, 0.2) is 18.5 Å². The third-order valence-corrected chi connectivity index (χ3v) is 7.12. The van der Waals surface area contributed by atoms with Gasteiger partial charge in [-0.1, -0.05) is 13.8 Å². The van der Waals surface area contributed by atoms with E-state index in [2.05, 4.69) is 31.2 Å². The van der Waals surface area contributed by atoms with E-state index in [9.17, 15) is 4.79 Å². The number of carbonyl (C=O) groups excluding carboxylic acids is 1. The summed E-state index contributed by atoms with van der Waals surface area (Å²) >= 11 is 1.67. The fourth-order valence-electron chi connectivity index (χ4n) is 4.23. The molecule has 194 valence electrons. The molecule has 3 aromatic heterocycles. The van der Waals surface area contributed by atoms with Crippen LogP contribution < -0.4 is 10.2 Å². The molecule has 0 aromatic carbocycles. The van der Waals surface area contributed by atoms with Crippen LogP contribution in [0.3, 0.4) is 0 Å². The van der Waals surface area contributed by atoms with Crippen molar-refractivity contribution in [3.8, 4) is 11.4 Å². The summed E-state index contributed by atoms with van der Waals surface area (Å²) in [6, 6.07) is 2.19. The summed E-state index contributed by atoms with van der Waals surface area (Å²) in [7, 11) is 1.78. The molecule has 3 aromatic rings. The third-order valence-electron chi connectivity index (χ3n) is 6.11. The highest BCUT2D eigenvalue weighted by molar-refractivity contribution is 7.18. The van der Waals surface area contributed by atoms with Gasteiger partial charge in [-0.3, -0.25) is 9.69 Å². The van der Waals surface area contributed by atoms with Gasteiger partial charge in [0.1, 0.15) is 17.3 Å². The van der Waals surface area contributed by atoms with Crippen molar-refractivity contribution in [3.05, 3.63) is 23.3 Å². The lowest BCUT2D eigenvalue weighted by atomic mass is 10.2. The zero-order chi connectivity index (χ0) is 25.5. The van der Waals surface area contributed by atoms with Crippen LogP contribution in [-0.2, 0) is 16.1 Å². The second-order valence-electron chi connectivity index (χ2n) is 8.26. The van der Waals surface area contributed by atoms with Gasteiger partial charge in [0.25, 0.3) is 0 Å². The maximum Gasteiger partial charge on any atom is 0.248 e. The van der Waals surface area contributed by atoms with Crippen molar-refractivity contribution in [2.24, 2.45) is 0 Å². The van der Waals surface area contributed by atoms with Crippen LogP contribution in [0.25, 0.3) is 21.6 Å². The van der Waals surface area contributed by atoms with E-state index < -0.39 is 6.61 Å². The molecule has 11 nitrogen and oxygen atoms in total. The number of amides is 1. The average Bonchev–Trinajstić information content (AvgIpc) is 3.36. The Morgan fingerprint density at radius 2 is 1.78 bits per heavy atom. The Kier molecular flexibility index (Phi) is 8.97. The standard InChI is InChI=1S/C22H28N8O3S.C2H6/c1-23-22-24-11-15(12-25-22)19-26-20(30-6-8-33-9-7-30)17-10-16(34-21(17)27-19)13-28-2-4-29(5-3-28)18(32)14-31;1-2/h10-12,31H,2-9,13-14H2,1H3,(H,23,24,25);1-2H3. The van der Waals surface area contributed by atoms with E-state index >= 15 is 0 Å². The molecule has 5 heterocycles. The summed E-state index contributed by atoms with van der Waals surface area (Å²) in [4.78, 5) is 38.6. The third kappa shape index (κ3) is 5.89. The lowest BCUT2D eigenvalue weighted by molar-refractivity contribution is -0.135. The molecule has 12 heteroatoms. The molecular weight excluding hydrogens is 480 g/mol. The lowest BCUT2D eigenvalue weighted by Crippen LogP contribution is -2.49. The fraction of sp³-hybridized carbons (Fsp3) is 0.542. The van der Waals surface area contributed by atoms with E-state index in [1.165, 1.54) is 4.88 Å². The van der Waals surface area contributed by atoms with Crippen molar-refractivity contribution in [2.45, 2.75) is 20.4 Å². The lowest BCUT2D eigenvalue weighted by Gasteiger charge is -2.34. The van der Waals surface area contributed by atoms with Gasteiger partial charge in [-0.05, 0) is 6.07 Å². The predicted molar refractivity (Wildman–Crippen MR) is 141 cm³/mol. The molecule has 0 unspecified atom stereocenters. The predicted octanol–water partition coefficient (Wildman–Crippen LogP) is 1.69. The van der Waals surface area contributed by atoms with Crippen LogP contribution in [-0.4, -0.2) is 107 Å². The van der Waals surface area contributed by atoms with Gasteiger partial charge in [-0.2, -0.15) is 0 Å². The van der Waals surface area contributed by atoms with E-state index in [0.717, 1.165) is 54.3 Å². The summed E-state index contributed by atoms with van der Waals surface area (Å²) in [5.41, 5.74) is 0.773. The van der Waals surface area contributed by atoms with Crippen molar-refractivity contribution < 1.29 is 14.6 Å². The number of nitrogens with one attached hydrogen (secondary N) is 1. The molecule has 0 radical (unpaired) electrons. The molecule has 2 saturated heterocycles. The number of piperazine rings is 1. The zero-order valence-corrected chi connectivity index (χ0v) is 21.9. The van der Waals surface area contributed by atoms with Crippen molar-refractivity contribution in [2.75, 3.05) is 76.4 Å². The smallest absolute Gasteiger partial charge is 0.248 e. The number of thiophene rings is 1. The van der Waals surface area contributed by atoms with E-state index in [-0.39, 0.29) is 5.91 Å². The highest BCUT2D eigenvalue weighted by Crippen LogP contribution is 2.34. The van der Waals surface area contributed by atoms with E-state index in [0.29, 0.717) is 38.1 Å². The Balaban J connectivity index is 0.00000148. The van der Waals surface area contributed by atoms with Crippen molar-refractivity contribution in [1.82, 2.24) is 29.7 Å². The molecule has 36 heavy (non-hydrogen) atoms. The number of aromatic nitrogens is 4. The van der Waals surface area contributed by atoms with Crippen molar-refractivity contribution in [3.63, 3.8) is 0 Å². The first-order chi connectivity index (χ1) is 17.6. The highest BCUT2D eigenvalue weighted by Gasteiger charge is 2.23. The minimum absolute atomic E-state index is 0.203. The molecule has 2 aliphatic heterocycles. The first-order valence-electron chi connectivity index (χ1n) is 12.4. The summed E-state index contributed by atoms with van der Waals surface area (Å²) < 4.78 is 5.55. The molecule has 0 bridgehead atoms. The number of aliphatic hydroxyl groups excluding tert-OH is 1. The van der Waals surface area contributed by atoms with Crippen LogP contribution in [0.4, 0.5) is 11.8 Å². The number of rotatable bonds is 6. The normalized spacial score (nSPS) is 16.6. The number of aliphatic hydroxyl groups is 1. The summed E-state index contributed by atoms with van der Waals surface area (Å²) in [5.74, 6) is 1.88. The van der Waals surface area contributed by atoms with Gasteiger partial charge in [0.05, 0.1) is 24.2 Å². The number of fused-ring (bicyclic) bond motifs is 1. The van der Waals surface area contributed by atoms with Crippen molar-refractivity contribution in [1.29, 1.82) is 0 Å². The molecular formula is C24H34N8O3S. The molecule has 0 atom stereocenters. The van der Waals surface area contributed by atoms with Gasteiger partial charge in [-0.15, -0.1) is 11.3 Å². The van der Waals surface area contributed by atoms with Gasteiger partial charge >= 0.3 is 0 Å². The molecule has 5 rings (SSSR count). The van der Waals surface area contributed by atoms with Crippen LogP contribution in [0, 0.1) is 0 Å². The van der Waals surface area contributed by atoms with E-state index in [1.54, 1.807) is 35.7 Å². The zero-order valence-electron chi connectivity index (χ0n) is 21.1. The van der Waals surface area contributed by atoms with Gasteiger partial charge in [0.2, 0.25) is 11.9 Å². The molecule has 0 spiro atoms. The number of anilines is 2. The van der Waals surface area contributed by atoms with E-state index in [4.69, 9.17) is 19.8 Å². The Bertz CT molecular complexity index is 1140. The van der Waals surface area contributed by atoms with Gasteiger partial charge < -0.3 is 25.0 Å². The Morgan fingerprint density at radius 3 is 2.42 bits per heavy atom. The topological polar surface area (TPSA) is 120 Å². The Labute approximate surface area is 215 Å². The minimum atomic E-state index is -0.426. The number of carbonyl (C=O) groups is 1. The summed E-state index contributed by atoms with van der Waals surface area (Å²) in [6.45, 7) is 10.1. The Morgan fingerprint density at radius 1 is 1.08 bits per heavy atom. The van der Waals surface area contributed by atoms with E-state index in [1.807, 2.05) is 13.8 Å². The van der Waals surface area contributed by atoms with Crippen LogP contribution in [0.1, 0.15) is 18.7 Å². The first-order valence-corrected chi connectivity index (χ1v) is 13.2. The largest absolute Gasteiger partial charge is 0.387 e. The second-order valence-corrected chi connectivity index (χ2v) is 9.38. The quantitative estimate of drug-likeness (QED) is 0.503. The first kappa shape index (κ1) is 26.1. The van der Waals surface area contributed by atoms with Crippen LogP contribution in [0.5, 0.6) is 0 Å². The highest BCUT2D eigenvalue weighted by atomic mass is 32.1. The fourth-order valence-corrected chi connectivity index (χ4v) is 5.29. The van der Waals surface area contributed by atoms with Crippen LogP contribution in [0.2, 0.25) is 0 Å². The minimum Gasteiger partial charge on any atom is -0.387 e. The van der Waals surface area contributed by atoms with Gasteiger partial charge in [0.15, 0.2) is 5.82 Å². The SMILES string of the molecule is CC.CNc1ncc(-c2nc(N3CCOCC3)c3cc(CN4CCN(C(=O)CO)CC4)sc3n2)cn1. The van der Waals surface area contributed by atoms with Crippen LogP contribution >= 0.6 is 11.3 Å². The maximum atomic E-state index is 11.7. The Hall–Kier alpha value is -2.93. The average molecular weight is 515 g/mol. The molecule has 2 N–H and O–H groups in total. The molecule has 2 aliphatic rings. The molecule has 0 saturated carbocycles. The maximum absolute atomic E-state index is 11.7. The second kappa shape index (κ2) is 12.3. The number of hydrogen-bond acceptors (Lipinski definition) is 11. The number of hydrogen-bond donors (Lipinski definition) is 2. The number of ether oxygens (including phenoxy) is 1. The van der Waals surface area contributed by atoms with Gasteiger partial charge in [0, 0.05) is 70.1 Å². The molecule has 1 amide bonds. The molecule has 0 aliphatic carbocycles. The molecule has 2 fully saturated rings. The van der Waals surface area contributed by atoms with Crippen molar-refractivity contribution >= 4 is 39.2 Å². The monoisotopic (exact) mass is 514 g/mol. The summed E-state index contributed by atoms with van der Waals surface area (Å²) in [6.07, 6.45) is 3.48. The number of morpholine rings is 1. The summed E-state index contributed by atoms with van der Waals surface area (Å²) in [5, 5.41) is 13.1.